The Morgan fingerprint density at radius 1 is 1.02 bits per heavy atom. The van der Waals surface area contributed by atoms with Crippen LogP contribution in [0.4, 0.5) is 20.8 Å². The van der Waals surface area contributed by atoms with Crippen LogP contribution in [0, 0.1) is 12.4 Å². The molecule has 0 saturated carbocycles. The minimum Gasteiger partial charge on any atom is -0.493 e. The van der Waals surface area contributed by atoms with Gasteiger partial charge in [0, 0.05) is 43.5 Å². The predicted molar refractivity (Wildman–Crippen MR) is 192 cm³/mol. The predicted octanol–water partition coefficient (Wildman–Crippen LogP) is 7.76. The lowest BCUT2D eigenvalue weighted by molar-refractivity contribution is -0.140. The number of rotatable bonds is 13. The molecule has 0 atom stereocenters. The Balaban J connectivity index is 1.46. The smallest absolute Gasteiger partial charge is 0.407 e. The normalized spacial score (nSPS) is 13.5. The SMILES string of the molecule is [C-]#[N+]c1ccc(-c2nc(N3CCC(NC(=O)OC(C)(C)C)CC3)n3ccnc3c2-c2ccc(OC)c(OCCCCCCC(=O)OC)c2)cc1F. The van der Waals surface area contributed by atoms with E-state index in [1.165, 1.54) is 19.2 Å². The van der Waals surface area contributed by atoms with Crippen LogP contribution in [-0.2, 0) is 14.3 Å². The maximum absolute atomic E-state index is 15.1. The van der Waals surface area contributed by atoms with Crippen molar-refractivity contribution in [1.29, 1.82) is 0 Å². The summed E-state index contributed by atoms with van der Waals surface area (Å²) < 4.78 is 39.0. The number of ether oxygens (including phenoxy) is 4. The Labute approximate surface area is 297 Å². The van der Waals surface area contributed by atoms with Gasteiger partial charge in [-0.2, -0.15) is 0 Å². The number of fused-ring (bicyclic) bond motifs is 1. The summed E-state index contributed by atoms with van der Waals surface area (Å²) >= 11 is 0. The van der Waals surface area contributed by atoms with Crippen molar-refractivity contribution in [2.75, 3.05) is 38.8 Å². The van der Waals surface area contributed by atoms with Crippen LogP contribution in [0.2, 0.25) is 0 Å². The zero-order valence-corrected chi connectivity index (χ0v) is 29.8. The Morgan fingerprint density at radius 3 is 2.45 bits per heavy atom. The van der Waals surface area contributed by atoms with Crippen LogP contribution in [0.5, 0.6) is 11.5 Å². The van der Waals surface area contributed by atoms with E-state index in [9.17, 15) is 9.59 Å². The monoisotopic (exact) mass is 700 g/mol. The van der Waals surface area contributed by atoms with Gasteiger partial charge in [-0.05, 0) is 70.2 Å². The molecule has 0 bridgehead atoms. The molecule has 3 heterocycles. The number of carbonyl (C=O) groups excluding carboxylic acids is 2. The minimum absolute atomic E-state index is 0.0547. The number of amides is 1. The van der Waals surface area contributed by atoms with Crippen molar-refractivity contribution in [2.45, 2.75) is 77.4 Å². The third-order valence-corrected chi connectivity index (χ3v) is 8.58. The number of hydrogen-bond acceptors (Lipinski definition) is 9. The Kier molecular flexibility index (Phi) is 12.0. The molecule has 2 aromatic carbocycles. The highest BCUT2D eigenvalue weighted by Crippen LogP contribution is 2.41. The van der Waals surface area contributed by atoms with E-state index in [1.807, 2.05) is 49.6 Å². The number of hydrogen-bond donors (Lipinski definition) is 1. The molecule has 4 aromatic rings. The molecule has 5 rings (SSSR count). The summed E-state index contributed by atoms with van der Waals surface area (Å²) in [7, 11) is 2.97. The minimum atomic E-state index is -0.639. The standard InChI is InChI=1S/C38H45FN6O6/c1-38(2,3)51-37(47)42-27-16-19-44(20-17-27)36-43-34(26-12-14-29(40-4)28(39)23-26)33(35-41-18-21-45(35)36)25-13-15-30(48-5)31(24-25)50-22-10-8-7-9-11-32(46)49-6/h12-15,18,21,23-24,27H,7-11,16-17,19-20,22H2,1-3,5-6H3,(H,42,47). The van der Waals surface area contributed by atoms with E-state index in [-0.39, 0.29) is 17.7 Å². The molecule has 1 fully saturated rings. The van der Waals surface area contributed by atoms with Gasteiger partial charge in [0.2, 0.25) is 11.6 Å². The number of benzene rings is 2. The molecule has 0 radical (unpaired) electrons. The largest absolute Gasteiger partial charge is 0.493 e. The van der Waals surface area contributed by atoms with Gasteiger partial charge < -0.3 is 29.2 Å². The molecule has 51 heavy (non-hydrogen) atoms. The number of unbranched alkanes of at least 4 members (excludes halogenated alkanes) is 3. The second kappa shape index (κ2) is 16.6. The van der Waals surface area contributed by atoms with Crippen molar-refractivity contribution < 1.29 is 32.9 Å². The van der Waals surface area contributed by atoms with E-state index in [4.69, 9.17) is 35.5 Å². The van der Waals surface area contributed by atoms with Gasteiger partial charge >= 0.3 is 12.1 Å². The summed E-state index contributed by atoms with van der Waals surface area (Å²) in [6.45, 7) is 14.5. The second-order valence-electron chi connectivity index (χ2n) is 13.4. The lowest BCUT2D eigenvalue weighted by atomic mass is 9.99. The zero-order chi connectivity index (χ0) is 36.5. The van der Waals surface area contributed by atoms with E-state index >= 15 is 4.39 Å². The van der Waals surface area contributed by atoms with Gasteiger partial charge in [0.15, 0.2) is 11.5 Å². The number of methoxy groups -OCH3 is 2. The molecule has 0 aliphatic carbocycles. The average Bonchev–Trinajstić information content (AvgIpc) is 3.60. The number of esters is 1. The highest BCUT2D eigenvalue weighted by Gasteiger charge is 2.28. The van der Waals surface area contributed by atoms with Gasteiger partial charge in [-0.25, -0.2) is 24.0 Å². The molecule has 1 aliphatic rings. The Morgan fingerprint density at radius 2 is 1.76 bits per heavy atom. The molecule has 12 nitrogen and oxygen atoms in total. The highest BCUT2D eigenvalue weighted by molar-refractivity contribution is 5.92. The first-order valence-corrected chi connectivity index (χ1v) is 17.2. The van der Waals surface area contributed by atoms with E-state index in [2.05, 4.69) is 15.1 Å². The number of carbonyl (C=O) groups is 2. The van der Waals surface area contributed by atoms with Crippen LogP contribution in [0.3, 0.4) is 0 Å². The average molecular weight is 701 g/mol. The molecule has 2 aromatic heterocycles. The fourth-order valence-corrected chi connectivity index (χ4v) is 6.06. The number of nitrogens with zero attached hydrogens (tertiary/aromatic N) is 5. The van der Waals surface area contributed by atoms with Crippen molar-refractivity contribution in [1.82, 2.24) is 19.7 Å². The lowest BCUT2D eigenvalue weighted by Gasteiger charge is -2.34. The molecule has 1 saturated heterocycles. The number of nitrogens with one attached hydrogen (secondary N) is 1. The number of aromatic nitrogens is 3. The summed E-state index contributed by atoms with van der Waals surface area (Å²) in [5, 5.41) is 2.98. The molecule has 13 heteroatoms. The Bertz CT molecular complexity index is 1890. The van der Waals surface area contributed by atoms with Crippen LogP contribution in [0.1, 0.15) is 65.7 Å². The van der Waals surface area contributed by atoms with E-state index in [0.717, 1.165) is 31.2 Å². The van der Waals surface area contributed by atoms with Gasteiger partial charge in [0.1, 0.15) is 17.1 Å². The Hall–Kier alpha value is -5.38. The van der Waals surface area contributed by atoms with Gasteiger partial charge in [-0.3, -0.25) is 9.20 Å². The molecule has 1 aliphatic heterocycles. The first-order chi connectivity index (χ1) is 24.5. The quantitative estimate of drug-likeness (QED) is 0.0848. The van der Waals surface area contributed by atoms with Crippen molar-refractivity contribution in [3.05, 3.63) is 66.0 Å². The molecule has 1 N–H and O–H groups in total. The summed E-state index contributed by atoms with van der Waals surface area (Å²) in [6.07, 6.45) is 8.19. The summed E-state index contributed by atoms with van der Waals surface area (Å²) in [4.78, 5) is 39.1. The van der Waals surface area contributed by atoms with Gasteiger partial charge in [0.25, 0.3) is 0 Å². The van der Waals surface area contributed by atoms with E-state index in [1.54, 1.807) is 19.4 Å². The molecular weight excluding hydrogens is 655 g/mol. The highest BCUT2D eigenvalue weighted by atomic mass is 19.1. The number of alkyl carbamates (subject to hydrolysis) is 1. The summed E-state index contributed by atoms with van der Waals surface area (Å²) in [5.41, 5.74) is 2.34. The summed E-state index contributed by atoms with van der Waals surface area (Å²) in [6, 6.07) is 10.0. The van der Waals surface area contributed by atoms with Crippen molar-refractivity contribution >= 4 is 29.3 Å². The van der Waals surface area contributed by atoms with Crippen molar-refractivity contribution in [2.24, 2.45) is 0 Å². The number of halogens is 1. The zero-order valence-electron chi connectivity index (χ0n) is 29.8. The van der Waals surface area contributed by atoms with Crippen LogP contribution in [0.15, 0.2) is 48.8 Å². The number of anilines is 1. The third kappa shape index (κ3) is 9.25. The first-order valence-electron chi connectivity index (χ1n) is 17.2. The number of piperidine rings is 1. The van der Waals surface area contributed by atoms with Crippen LogP contribution in [0.25, 0.3) is 32.9 Å². The molecule has 270 valence electrons. The third-order valence-electron chi connectivity index (χ3n) is 8.58. The number of imidazole rings is 1. The maximum Gasteiger partial charge on any atom is 0.407 e. The van der Waals surface area contributed by atoms with Gasteiger partial charge in [-0.1, -0.05) is 31.0 Å². The van der Waals surface area contributed by atoms with Gasteiger partial charge in [0.05, 0.1) is 38.7 Å². The molecule has 0 unspecified atom stereocenters. The van der Waals surface area contributed by atoms with Crippen LogP contribution >= 0.6 is 0 Å². The first kappa shape index (κ1) is 36.9. The van der Waals surface area contributed by atoms with E-state index < -0.39 is 17.5 Å². The van der Waals surface area contributed by atoms with E-state index in [0.29, 0.717) is 78.9 Å². The fourth-order valence-electron chi connectivity index (χ4n) is 6.06. The van der Waals surface area contributed by atoms with Crippen molar-refractivity contribution in [3.63, 3.8) is 0 Å². The second-order valence-corrected chi connectivity index (χ2v) is 13.4. The maximum atomic E-state index is 15.1. The molecule has 0 spiro atoms. The van der Waals surface area contributed by atoms with Gasteiger partial charge in [-0.15, -0.1) is 0 Å². The van der Waals surface area contributed by atoms with Crippen LogP contribution in [-0.4, -0.2) is 72.0 Å². The van der Waals surface area contributed by atoms with Crippen LogP contribution < -0.4 is 19.7 Å². The lowest BCUT2D eigenvalue weighted by Crippen LogP contribution is -2.46. The molecule has 1 amide bonds. The topological polar surface area (TPSA) is 121 Å². The summed E-state index contributed by atoms with van der Waals surface area (Å²) in [5.74, 6) is 0.885. The van der Waals surface area contributed by atoms with Crippen molar-refractivity contribution in [3.8, 4) is 33.9 Å². The molecular formula is C38H45FN6O6. The fraction of sp³-hybridized carbons (Fsp3) is 0.447.